The summed E-state index contributed by atoms with van der Waals surface area (Å²) in [4.78, 5) is 13.0. The lowest BCUT2D eigenvalue weighted by Gasteiger charge is -2.28. The monoisotopic (exact) mass is 298 g/mol. The number of benzene rings is 1. The molecule has 3 N–H and O–H groups in total. The molecule has 6 nitrogen and oxygen atoms in total. The summed E-state index contributed by atoms with van der Waals surface area (Å²) in [6, 6.07) is 4.17. The predicted octanol–water partition coefficient (Wildman–Crippen LogP) is 1.27. The van der Waals surface area contributed by atoms with E-state index in [1.165, 1.54) is 12.1 Å². The van der Waals surface area contributed by atoms with E-state index in [0.717, 1.165) is 18.9 Å². The third-order valence-corrected chi connectivity index (χ3v) is 4.73. The van der Waals surface area contributed by atoms with Gasteiger partial charge in [0.25, 0.3) is 0 Å². The molecule has 20 heavy (non-hydrogen) atoms. The van der Waals surface area contributed by atoms with Crippen LogP contribution in [0.2, 0.25) is 0 Å². The Balaban J connectivity index is 2.44. The maximum atomic E-state index is 11.4. The Morgan fingerprint density at radius 2 is 2.05 bits per heavy atom. The average molecular weight is 298 g/mol. The maximum absolute atomic E-state index is 11.4. The van der Waals surface area contributed by atoms with Crippen LogP contribution in [0.4, 0.5) is 5.69 Å². The first-order valence-electron chi connectivity index (χ1n) is 6.35. The quantitative estimate of drug-likeness (QED) is 0.852. The second-order valence-corrected chi connectivity index (χ2v) is 6.78. The SMILES string of the molecule is CC(C1CC1)N(C)c1ccc(S(N)(=O)=O)cc1C(=O)O. The Morgan fingerprint density at radius 3 is 2.50 bits per heavy atom. The summed E-state index contributed by atoms with van der Waals surface area (Å²) in [5.74, 6) is -0.597. The second-order valence-electron chi connectivity index (χ2n) is 5.22. The Bertz CT molecular complexity index is 638. The number of sulfonamides is 1. The van der Waals surface area contributed by atoms with Gasteiger partial charge in [-0.2, -0.15) is 0 Å². The number of nitrogens with two attached hydrogens (primary N) is 1. The van der Waals surface area contributed by atoms with Crippen molar-refractivity contribution >= 4 is 21.7 Å². The number of aromatic carboxylic acids is 1. The molecule has 0 saturated heterocycles. The summed E-state index contributed by atoms with van der Waals surface area (Å²) in [5.41, 5.74) is 0.454. The molecule has 2 rings (SSSR count). The van der Waals surface area contributed by atoms with Crippen molar-refractivity contribution in [2.75, 3.05) is 11.9 Å². The van der Waals surface area contributed by atoms with Gasteiger partial charge >= 0.3 is 5.97 Å². The van der Waals surface area contributed by atoms with E-state index in [1.807, 2.05) is 18.9 Å². The van der Waals surface area contributed by atoms with Gasteiger partial charge in [0.1, 0.15) is 0 Å². The van der Waals surface area contributed by atoms with E-state index in [2.05, 4.69) is 0 Å². The van der Waals surface area contributed by atoms with Crippen LogP contribution in [-0.4, -0.2) is 32.6 Å². The molecular formula is C13H18N2O4S. The zero-order valence-electron chi connectivity index (χ0n) is 11.4. The van der Waals surface area contributed by atoms with E-state index in [-0.39, 0.29) is 16.5 Å². The lowest BCUT2D eigenvalue weighted by Crippen LogP contribution is -2.32. The molecular weight excluding hydrogens is 280 g/mol. The van der Waals surface area contributed by atoms with Crippen molar-refractivity contribution in [3.8, 4) is 0 Å². The number of carboxylic acids is 1. The fourth-order valence-corrected chi connectivity index (χ4v) is 2.83. The zero-order valence-corrected chi connectivity index (χ0v) is 12.2. The van der Waals surface area contributed by atoms with Gasteiger partial charge in [-0.15, -0.1) is 0 Å². The average Bonchev–Trinajstić information content (AvgIpc) is 3.19. The molecule has 0 aromatic heterocycles. The number of anilines is 1. The smallest absolute Gasteiger partial charge is 0.337 e. The van der Waals surface area contributed by atoms with Gasteiger partial charge < -0.3 is 10.0 Å². The number of rotatable bonds is 5. The lowest BCUT2D eigenvalue weighted by molar-refractivity contribution is 0.0697. The molecule has 0 heterocycles. The van der Waals surface area contributed by atoms with E-state index in [9.17, 15) is 18.3 Å². The van der Waals surface area contributed by atoms with Crippen LogP contribution in [0.15, 0.2) is 23.1 Å². The van der Waals surface area contributed by atoms with Crippen LogP contribution in [0.25, 0.3) is 0 Å². The van der Waals surface area contributed by atoms with Crippen molar-refractivity contribution < 1.29 is 18.3 Å². The summed E-state index contributed by atoms with van der Waals surface area (Å²) in [7, 11) is -2.09. The van der Waals surface area contributed by atoms with Crippen LogP contribution in [-0.2, 0) is 10.0 Å². The second kappa shape index (κ2) is 5.06. The van der Waals surface area contributed by atoms with Crippen LogP contribution in [0.5, 0.6) is 0 Å². The van der Waals surface area contributed by atoms with E-state index < -0.39 is 16.0 Å². The molecule has 1 unspecified atom stereocenters. The molecule has 1 aromatic rings. The highest BCUT2D eigenvalue weighted by atomic mass is 32.2. The van der Waals surface area contributed by atoms with E-state index >= 15 is 0 Å². The molecule has 0 spiro atoms. The van der Waals surface area contributed by atoms with Gasteiger partial charge in [-0.25, -0.2) is 18.4 Å². The number of nitrogens with zero attached hydrogens (tertiary/aromatic N) is 1. The van der Waals surface area contributed by atoms with Crippen LogP contribution in [0.3, 0.4) is 0 Å². The highest BCUT2D eigenvalue weighted by Gasteiger charge is 2.32. The number of carbonyl (C=O) groups is 1. The molecule has 110 valence electrons. The highest BCUT2D eigenvalue weighted by Crippen LogP contribution is 2.37. The normalized spacial score (nSPS) is 16.8. The minimum absolute atomic E-state index is 0.0495. The minimum Gasteiger partial charge on any atom is -0.478 e. The Labute approximate surface area is 118 Å². The van der Waals surface area contributed by atoms with Gasteiger partial charge in [0.2, 0.25) is 10.0 Å². The Hall–Kier alpha value is -1.60. The van der Waals surface area contributed by atoms with Crippen molar-refractivity contribution in [2.24, 2.45) is 11.1 Å². The van der Waals surface area contributed by atoms with Gasteiger partial charge in [0, 0.05) is 13.1 Å². The van der Waals surface area contributed by atoms with Gasteiger partial charge in [-0.05, 0) is 43.9 Å². The number of carboxylic acid groups (broad SMARTS) is 1. The molecule has 1 saturated carbocycles. The van der Waals surface area contributed by atoms with Crippen LogP contribution in [0.1, 0.15) is 30.1 Å². The Morgan fingerprint density at radius 1 is 1.45 bits per heavy atom. The summed E-state index contributed by atoms with van der Waals surface area (Å²) in [6.45, 7) is 2.04. The first-order valence-corrected chi connectivity index (χ1v) is 7.89. The summed E-state index contributed by atoms with van der Waals surface area (Å²) < 4.78 is 22.6. The van der Waals surface area contributed by atoms with Crippen molar-refractivity contribution in [3.63, 3.8) is 0 Å². The molecule has 7 heteroatoms. The summed E-state index contributed by atoms with van der Waals surface area (Å²) >= 11 is 0. The summed E-state index contributed by atoms with van der Waals surface area (Å²) in [6.07, 6.45) is 2.28. The largest absolute Gasteiger partial charge is 0.478 e. The number of primary sulfonamides is 1. The minimum atomic E-state index is -3.91. The molecule has 0 aliphatic heterocycles. The number of hydrogen-bond donors (Lipinski definition) is 2. The molecule has 0 radical (unpaired) electrons. The van der Waals surface area contributed by atoms with E-state index in [4.69, 9.17) is 5.14 Å². The van der Waals surface area contributed by atoms with Crippen molar-refractivity contribution in [1.82, 2.24) is 0 Å². The summed E-state index contributed by atoms with van der Waals surface area (Å²) in [5, 5.41) is 14.3. The van der Waals surface area contributed by atoms with Gasteiger partial charge in [-0.3, -0.25) is 0 Å². The molecule has 1 fully saturated rings. The molecule has 0 amide bonds. The Kier molecular flexibility index (Phi) is 3.75. The highest BCUT2D eigenvalue weighted by molar-refractivity contribution is 7.89. The van der Waals surface area contributed by atoms with Crippen LogP contribution in [0, 0.1) is 5.92 Å². The van der Waals surface area contributed by atoms with E-state index in [0.29, 0.717) is 11.6 Å². The lowest BCUT2D eigenvalue weighted by atomic mass is 10.1. The third kappa shape index (κ3) is 2.94. The van der Waals surface area contributed by atoms with Crippen LogP contribution < -0.4 is 10.0 Å². The topological polar surface area (TPSA) is 101 Å². The fourth-order valence-electron chi connectivity index (χ4n) is 2.29. The molecule has 0 bridgehead atoms. The number of hydrogen-bond acceptors (Lipinski definition) is 4. The first-order chi connectivity index (χ1) is 9.21. The third-order valence-electron chi connectivity index (χ3n) is 3.82. The molecule has 1 atom stereocenters. The van der Waals surface area contributed by atoms with Crippen LogP contribution >= 0.6 is 0 Å². The predicted molar refractivity (Wildman–Crippen MR) is 75.4 cm³/mol. The van der Waals surface area contributed by atoms with Crippen molar-refractivity contribution in [3.05, 3.63) is 23.8 Å². The van der Waals surface area contributed by atoms with Gasteiger partial charge in [-0.1, -0.05) is 0 Å². The molecule has 1 aromatic carbocycles. The fraction of sp³-hybridized carbons (Fsp3) is 0.462. The van der Waals surface area contributed by atoms with Gasteiger partial charge in [0.15, 0.2) is 0 Å². The van der Waals surface area contributed by atoms with Gasteiger partial charge in [0.05, 0.1) is 16.1 Å². The molecule has 1 aliphatic carbocycles. The molecule has 1 aliphatic rings. The van der Waals surface area contributed by atoms with Crippen molar-refractivity contribution in [2.45, 2.75) is 30.7 Å². The zero-order chi connectivity index (χ0) is 15.1. The van der Waals surface area contributed by atoms with Crippen molar-refractivity contribution in [1.29, 1.82) is 0 Å². The maximum Gasteiger partial charge on any atom is 0.337 e. The first kappa shape index (κ1) is 14.8. The standard InChI is InChI=1S/C13H18N2O4S/c1-8(9-3-4-9)15(2)12-6-5-10(20(14,18)19)7-11(12)13(16)17/h5-9H,3-4H2,1-2H3,(H,16,17)(H2,14,18,19). The van der Waals surface area contributed by atoms with E-state index in [1.54, 1.807) is 0 Å².